The van der Waals surface area contributed by atoms with E-state index in [1.165, 1.54) is 0 Å². The van der Waals surface area contributed by atoms with Gasteiger partial charge in [-0.15, -0.1) is 0 Å². The number of carbonyl (C=O) groups excluding carboxylic acids is 1. The molecule has 124 valence electrons. The van der Waals surface area contributed by atoms with E-state index < -0.39 is 0 Å². The Balaban J connectivity index is 1.92. The average Bonchev–Trinajstić information content (AvgIpc) is 3.08. The summed E-state index contributed by atoms with van der Waals surface area (Å²) in [7, 11) is 0. The smallest absolute Gasteiger partial charge is 0.277 e. The van der Waals surface area contributed by atoms with Crippen LogP contribution in [0.2, 0.25) is 0 Å². The van der Waals surface area contributed by atoms with Gasteiger partial charge in [-0.2, -0.15) is 5.10 Å². The van der Waals surface area contributed by atoms with Gasteiger partial charge in [0.05, 0.1) is 22.4 Å². The zero-order valence-corrected chi connectivity index (χ0v) is 15.8. The van der Waals surface area contributed by atoms with Gasteiger partial charge in [0.1, 0.15) is 5.70 Å². The number of hydrogen-bond donors (Lipinski definition) is 1. The van der Waals surface area contributed by atoms with Crippen LogP contribution in [0.4, 0.5) is 0 Å². The molecule has 1 saturated heterocycles. The Bertz CT molecular complexity index is 815. The summed E-state index contributed by atoms with van der Waals surface area (Å²) in [5, 5.41) is 7.71. The molecule has 2 aromatic rings. The van der Waals surface area contributed by atoms with Crippen molar-refractivity contribution in [3.8, 4) is 0 Å². The molecule has 1 aliphatic rings. The number of halogens is 1. The van der Waals surface area contributed by atoms with E-state index in [-0.39, 0.29) is 11.9 Å². The SMILES string of the molecule is CCn1ncc(Br)c1/C=C1\NC(=S)N(C(C)c2ccccc2)C1=O. The predicted molar refractivity (Wildman–Crippen MR) is 101 cm³/mol. The fourth-order valence-electron chi connectivity index (χ4n) is 2.69. The van der Waals surface area contributed by atoms with Crippen LogP contribution >= 0.6 is 28.1 Å². The van der Waals surface area contributed by atoms with Gasteiger partial charge in [0.2, 0.25) is 0 Å². The van der Waals surface area contributed by atoms with Gasteiger partial charge in [0, 0.05) is 6.54 Å². The number of aryl methyl sites for hydroxylation is 1. The number of rotatable bonds is 4. The number of thiocarbonyl (C=S) groups is 1. The summed E-state index contributed by atoms with van der Waals surface area (Å²) in [6, 6.07) is 9.71. The number of nitrogens with zero attached hydrogens (tertiary/aromatic N) is 3. The van der Waals surface area contributed by atoms with E-state index in [1.807, 2.05) is 48.9 Å². The minimum Gasteiger partial charge on any atom is -0.328 e. The number of benzene rings is 1. The molecule has 0 radical (unpaired) electrons. The molecule has 7 heteroatoms. The van der Waals surface area contributed by atoms with Crippen molar-refractivity contribution >= 4 is 45.2 Å². The summed E-state index contributed by atoms with van der Waals surface area (Å²) < 4.78 is 2.66. The number of amides is 1. The molecule has 0 aliphatic carbocycles. The fourth-order valence-corrected chi connectivity index (χ4v) is 3.45. The quantitative estimate of drug-likeness (QED) is 0.625. The second-order valence-corrected chi connectivity index (χ2v) is 6.68. The third-order valence-corrected chi connectivity index (χ3v) is 4.90. The van der Waals surface area contributed by atoms with Crippen molar-refractivity contribution in [2.75, 3.05) is 0 Å². The van der Waals surface area contributed by atoms with E-state index in [0.29, 0.717) is 17.4 Å². The summed E-state index contributed by atoms with van der Waals surface area (Å²) in [6.07, 6.45) is 3.50. The Hall–Kier alpha value is -1.99. The van der Waals surface area contributed by atoms with Gasteiger partial charge in [0.15, 0.2) is 5.11 Å². The van der Waals surface area contributed by atoms with E-state index >= 15 is 0 Å². The Morgan fingerprint density at radius 2 is 2.08 bits per heavy atom. The molecular formula is C17H17BrN4OS. The standard InChI is InChI=1S/C17H17BrN4OS/c1-3-21-15(13(18)10-19-21)9-14-16(23)22(17(24)20-14)11(2)12-7-5-4-6-8-12/h4-11H,3H2,1-2H3,(H,20,24)/b14-9-. The molecule has 1 amide bonds. The van der Waals surface area contributed by atoms with E-state index in [0.717, 1.165) is 15.7 Å². The van der Waals surface area contributed by atoms with Crippen LogP contribution in [0, 0.1) is 0 Å². The number of nitrogens with one attached hydrogen (secondary N) is 1. The molecular weight excluding hydrogens is 388 g/mol. The second kappa shape index (κ2) is 6.86. The first-order valence-corrected chi connectivity index (χ1v) is 8.85. The maximum atomic E-state index is 12.8. The highest BCUT2D eigenvalue weighted by Crippen LogP contribution is 2.27. The van der Waals surface area contributed by atoms with E-state index in [2.05, 4.69) is 26.3 Å². The maximum Gasteiger partial charge on any atom is 0.277 e. The van der Waals surface area contributed by atoms with E-state index in [9.17, 15) is 4.79 Å². The van der Waals surface area contributed by atoms with Gasteiger partial charge in [-0.05, 0) is 53.6 Å². The lowest BCUT2D eigenvalue weighted by atomic mass is 10.1. The van der Waals surface area contributed by atoms with Crippen LogP contribution in [0.15, 0.2) is 46.7 Å². The van der Waals surface area contributed by atoms with Crippen LogP contribution in [0.1, 0.15) is 31.1 Å². The van der Waals surface area contributed by atoms with Gasteiger partial charge in [-0.1, -0.05) is 30.3 Å². The Morgan fingerprint density at radius 1 is 1.38 bits per heavy atom. The highest BCUT2D eigenvalue weighted by molar-refractivity contribution is 9.10. The van der Waals surface area contributed by atoms with Crippen LogP contribution in [0.3, 0.4) is 0 Å². The fraction of sp³-hybridized carbons (Fsp3) is 0.235. The largest absolute Gasteiger partial charge is 0.328 e. The van der Waals surface area contributed by atoms with Crippen LogP contribution in [0.5, 0.6) is 0 Å². The summed E-state index contributed by atoms with van der Waals surface area (Å²) in [5.41, 5.74) is 2.33. The summed E-state index contributed by atoms with van der Waals surface area (Å²) >= 11 is 8.85. The molecule has 5 nitrogen and oxygen atoms in total. The summed E-state index contributed by atoms with van der Waals surface area (Å²) in [4.78, 5) is 14.4. The molecule has 2 heterocycles. The molecule has 0 saturated carbocycles. The third kappa shape index (κ3) is 3.01. The van der Waals surface area contributed by atoms with Crippen LogP contribution in [-0.2, 0) is 11.3 Å². The summed E-state index contributed by atoms with van der Waals surface area (Å²) in [6.45, 7) is 4.68. The molecule has 1 aliphatic heterocycles. The highest BCUT2D eigenvalue weighted by Gasteiger charge is 2.35. The van der Waals surface area contributed by atoms with Crippen molar-refractivity contribution in [3.05, 3.63) is 58.0 Å². The van der Waals surface area contributed by atoms with E-state index in [1.54, 1.807) is 17.2 Å². The molecule has 1 aromatic carbocycles. The Morgan fingerprint density at radius 3 is 2.75 bits per heavy atom. The second-order valence-electron chi connectivity index (χ2n) is 5.44. The molecule has 0 bridgehead atoms. The lowest BCUT2D eigenvalue weighted by Crippen LogP contribution is -2.33. The van der Waals surface area contributed by atoms with Crippen LogP contribution in [0.25, 0.3) is 6.08 Å². The average molecular weight is 405 g/mol. The van der Waals surface area contributed by atoms with Crippen molar-refractivity contribution in [2.24, 2.45) is 0 Å². The number of carbonyl (C=O) groups is 1. The normalized spacial score (nSPS) is 17.5. The van der Waals surface area contributed by atoms with Gasteiger partial charge in [-0.3, -0.25) is 14.4 Å². The minimum atomic E-state index is -0.135. The Labute approximate surface area is 154 Å². The molecule has 1 unspecified atom stereocenters. The van der Waals surface area contributed by atoms with Gasteiger partial charge < -0.3 is 5.32 Å². The van der Waals surface area contributed by atoms with Crippen LogP contribution < -0.4 is 5.32 Å². The minimum absolute atomic E-state index is 0.132. The molecule has 24 heavy (non-hydrogen) atoms. The molecule has 3 rings (SSSR count). The van der Waals surface area contributed by atoms with Crippen molar-refractivity contribution in [1.29, 1.82) is 0 Å². The monoisotopic (exact) mass is 404 g/mol. The van der Waals surface area contributed by atoms with Gasteiger partial charge >= 0.3 is 0 Å². The topological polar surface area (TPSA) is 50.2 Å². The lowest BCUT2D eigenvalue weighted by Gasteiger charge is -2.23. The molecule has 0 spiro atoms. The van der Waals surface area contributed by atoms with Crippen molar-refractivity contribution < 1.29 is 4.79 Å². The first-order chi connectivity index (χ1) is 11.5. The molecule has 1 atom stereocenters. The zero-order chi connectivity index (χ0) is 17.3. The van der Waals surface area contributed by atoms with Gasteiger partial charge in [-0.25, -0.2) is 0 Å². The van der Waals surface area contributed by atoms with Gasteiger partial charge in [0.25, 0.3) is 5.91 Å². The zero-order valence-electron chi connectivity index (χ0n) is 13.4. The van der Waals surface area contributed by atoms with Crippen LogP contribution in [-0.4, -0.2) is 25.7 Å². The predicted octanol–water partition coefficient (Wildman–Crippen LogP) is 3.48. The molecule has 1 fully saturated rings. The lowest BCUT2D eigenvalue weighted by molar-refractivity contribution is -0.123. The molecule has 1 aromatic heterocycles. The number of aromatic nitrogens is 2. The van der Waals surface area contributed by atoms with Crippen molar-refractivity contribution in [3.63, 3.8) is 0 Å². The first kappa shape index (κ1) is 16.9. The summed E-state index contributed by atoms with van der Waals surface area (Å²) in [5.74, 6) is -0.132. The van der Waals surface area contributed by atoms with E-state index in [4.69, 9.17) is 12.2 Å². The van der Waals surface area contributed by atoms with Crippen molar-refractivity contribution in [2.45, 2.75) is 26.4 Å². The molecule has 1 N–H and O–H groups in total. The third-order valence-electron chi connectivity index (χ3n) is 3.99. The maximum absolute atomic E-state index is 12.8. The number of hydrogen-bond acceptors (Lipinski definition) is 3. The van der Waals surface area contributed by atoms with Crippen molar-refractivity contribution in [1.82, 2.24) is 20.0 Å². The first-order valence-electron chi connectivity index (χ1n) is 7.65. The Kier molecular flexibility index (Phi) is 4.82. The highest BCUT2D eigenvalue weighted by atomic mass is 79.9.